The summed E-state index contributed by atoms with van der Waals surface area (Å²) in [4.78, 5) is 3.57. The van der Waals surface area contributed by atoms with Crippen LogP contribution < -0.4 is 9.47 Å². The molecule has 1 aliphatic rings. The molecule has 0 bridgehead atoms. The fourth-order valence-corrected chi connectivity index (χ4v) is 4.69. The van der Waals surface area contributed by atoms with Gasteiger partial charge in [-0.05, 0) is 48.2 Å². The molecular formula is C25H23NO2. The summed E-state index contributed by atoms with van der Waals surface area (Å²) in [5.74, 6) is 1.82. The molecule has 1 atom stereocenters. The van der Waals surface area contributed by atoms with Crippen LogP contribution in [-0.2, 0) is 0 Å². The highest BCUT2D eigenvalue weighted by molar-refractivity contribution is 5.91. The zero-order valence-electron chi connectivity index (χ0n) is 16.6. The highest BCUT2D eigenvalue weighted by Crippen LogP contribution is 2.54. The number of hydrogen-bond acceptors (Lipinski definition) is 2. The van der Waals surface area contributed by atoms with Crippen molar-refractivity contribution in [1.29, 1.82) is 0 Å². The summed E-state index contributed by atoms with van der Waals surface area (Å²) < 4.78 is 11.4. The van der Waals surface area contributed by atoms with Gasteiger partial charge in [0.15, 0.2) is 0 Å². The van der Waals surface area contributed by atoms with Gasteiger partial charge >= 0.3 is 0 Å². The second-order valence-corrected chi connectivity index (χ2v) is 7.52. The first kappa shape index (κ1) is 16.9. The molecule has 1 N–H and O–H groups in total. The molecule has 4 aromatic rings. The second kappa shape index (κ2) is 6.16. The van der Waals surface area contributed by atoms with E-state index in [-0.39, 0.29) is 5.92 Å². The van der Waals surface area contributed by atoms with Crippen molar-refractivity contribution in [2.75, 3.05) is 14.2 Å². The van der Waals surface area contributed by atoms with Crippen LogP contribution in [0.3, 0.4) is 0 Å². The highest BCUT2D eigenvalue weighted by Gasteiger charge is 2.36. The number of H-pyrrole nitrogens is 1. The van der Waals surface area contributed by atoms with Gasteiger partial charge in [0.05, 0.1) is 14.2 Å². The van der Waals surface area contributed by atoms with Crippen molar-refractivity contribution < 1.29 is 9.47 Å². The molecule has 1 aromatic heterocycles. The molecule has 140 valence electrons. The van der Waals surface area contributed by atoms with Crippen LogP contribution in [0.25, 0.3) is 22.0 Å². The van der Waals surface area contributed by atoms with Gasteiger partial charge < -0.3 is 14.5 Å². The minimum absolute atomic E-state index is 0.127. The first-order valence-corrected chi connectivity index (χ1v) is 9.56. The lowest BCUT2D eigenvalue weighted by Crippen LogP contribution is -2.03. The Balaban J connectivity index is 1.89. The number of methoxy groups -OCH3 is 2. The van der Waals surface area contributed by atoms with Crippen molar-refractivity contribution in [2.24, 2.45) is 0 Å². The number of nitrogens with one attached hydrogen (secondary N) is 1. The zero-order chi connectivity index (χ0) is 19.4. The van der Waals surface area contributed by atoms with Gasteiger partial charge in [-0.1, -0.05) is 42.0 Å². The lowest BCUT2D eigenvalue weighted by atomic mass is 9.86. The van der Waals surface area contributed by atoms with Crippen LogP contribution >= 0.6 is 0 Å². The third-order valence-electron chi connectivity index (χ3n) is 5.90. The number of hydrogen-bond donors (Lipinski definition) is 1. The predicted octanol–water partition coefficient (Wildman–Crippen LogP) is 5.96. The molecule has 0 saturated carbocycles. The Bertz CT molecular complexity index is 1220. The van der Waals surface area contributed by atoms with E-state index in [0.29, 0.717) is 0 Å². The molecule has 0 amide bonds. The molecule has 0 fully saturated rings. The van der Waals surface area contributed by atoms with Crippen molar-refractivity contribution in [1.82, 2.24) is 4.98 Å². The topological polar surface area (TPSA) is 34.2 Å². The minimum Gasteiger partial charge on any atom is -0.497 e. The van der Waals surface area contributed by atoms with Crippen molar-refractivity contribution in [2.45, 2.75) is 19.8 Å². The molecule has 3 heteroatoms. The van der Waals surface area contributed by atoms with Crippen molar-refractivity contribution in [3.05, 3.63) is 82.5 Å². The first-order valence-electron chi connectivity index (χ1n) is 9.56. The van der Waals surface area contributed by atoms with Gasteiger partial charge in [0.1, 0.15) is 11.5 Å². The summed E-state index contributed by atoms with van der Waals surface area (Å²) in [6.07, 6.45) is 0. The normalized spacial score (nSPS) is 14.8. The van der Waals surface area contributed by atoms with E-state index in [1.165, 1.54) is 50.0 Å². The lowest BCUT2D eigenvalue weighted by molar-refractivity contribution is 0.391. The van der Waals surface area contributed by atoms with Crippen molar-refractivity contribution >= 4 is 10.9 Å². The molecule has 1 heterocycles. The number of rotatable bonds is 3. The Morgan fingerprint density at radius 2 is 1.64 bits per heavy atom. The van der Waals surface area contributed by atoms with Gasteiger partial charge in [0, 0.05) is 34.1 Å². The third kappa shape index (κ3) is 2.29. The summed E-state index contributed by atoms with van der Waals surface area (Å²) in [6, 6.07) is 19.4. The standard InChI is InChI=1S/C25H23NO2/c1-14-9-10-17-19(11-14)20-12-16(27-3)13-22(28-4)24(20)25(17)23-15(2)26-21-8-6-5-7-18(21)23/h5-13,25-26H,1-4H3. The van der Waals surface area contributed by atoms with E-state index >= 15 is 0 Å². The number of para-hydroxylation sites is 1. The van der Waals surface area contributed by atoms with Crippen LogP contribution in [0.5, 0.6) is 11.5 Å². The molecule has 1 unspecified atom stereocenters. The molecule has 3 aromatic carbocycles. The molecule has 3 nitrogen and oxygen atoms in total. The highest BCUT2D eigenvalue weighted by atomic mass is 16.5. The summed E-state index contributed by atoms with van der Waals surface area (Å²) in [5, 5.41) is 1.27. The van der Waals surface area contributed by atoms with Gasteiger partial charge in [0.2, 0.25) is 0 Å². The lowest BCUT2D eigenvalue weighted by Gasteiger charge is -2.18. The van der Waals surface area contributed by atoms with Crippen LogP contribution in [0.4, 0.5) is 0 Å². The maximum atomic E-state index is 5.85. The molecule has 5 rings (SSSR count). The Labute approximate surface area is 164 Å². The van der Waals surface area contributed by atoms with E-state index in [2.05, 4.69) is 67.4 Å². The molecule has 28 heavy (non-hydrogen) atoms. The van der Waals surface area contributed by atoms with E-state index in [4.69, 9.17) is 9.47 Å². The summed E-state index contributed by atoms with van der Waals surface area (Å²) in [6.45, 7) is 4.30. The number of benzene rings is 3. The van der Waals surface area contributed by atoms with Gasteiger partial charge in [-0.25, -0.2) is 0 Å². The Kier molecular flexibility index (Phi) is 3.73. The van der Waals surface area contributed by atoms with Crippen molar-refractivity contribution in [3.8, 4) is 22.6 Å². The number of fused-ring (bicyclic) bond motifs is 4. The first-order chi connectivity index (χ1) is 13.6. The monoisotopic (exact) mass is 369 g/mol. The average Bonchev–Trinajstić information content (AvgIpc) is 3.20. The Morgan fingerprint density at radius 3 is 2.43 bits per heavy atom. The van der Waals surface area contributed by atoms with Gasteiger partial charge in [-0.3, -0.25) is 0 Å². The number of ether oxygens (including phenoxy) is 2. The Morgan fingerprint density at radius 1 is 0.821 bits per heavy atom. The van der Waals surface area contributed by atoms with Crippen molar-refractivity contribution in [3.63, 3.8) is 0 Å². The van der Waals surface area contributed by atoms with E-state index in [1.807, 2.05) is 6.07 Å². The molecular weight excluding hydrogens is 346 g/mol. The van der Waals surface area contributed by atoms with E-state index in [0.717, 1.165) is 11.5 Å². The molecule has 1 aliphatic carbocycles. The minimum atomic E-state index is 0.127. The van der Waals surface area contributed by atoms with E-state index in [1.54, 1.807) is 14.2 Å². The predicted molar refractivity (Wildman–Crippen MR) is 114 cm³/mol. The summed E-state index contributed by atoms with van der Waals surface area (Å²) in [5.41, 5.74) is 9.95. The molecule has 0 saturated heterocycles. The second-order valence-electron chi connectivity index (χ2n) is 7.52. The van der Waals surface area contributed by atoms with Gasteiger partial charge in [-0.15, -0.1) is 0 Å². The van der Waals surface area contributed by atoms with Gasteiger partial charge in [0.25, 0.3) is 0 Å². The quantitative estimate of drug-likeness (QED) is 0.426. The zero-order valence-corrected chi connectivity index (χ0v) is 16.6. The summed E-state index contributed by atoms with van der Waals surface area (Å²) >= 11 is 0. The maximum Gasteiger partial charge on any atom is 0.127 e. The van der Waals surface area contributed by atoms with Crippen LogP contribution in [0.2, 0.25) is 0 Å². The maximum absolute atomic E-state index is 5.85. The van der Waals surface area contributed by atoms with Gasteiger partial charge in [-0.2, -0.15) is 0 Å². The summed E-state index contributed by atoms with van der Waals surface area (Å²) in [7, 11) is 3.44. The smallest absolute Gasteiger partial charge is 0.127 e. The van der Waals surface area contributed by atoms with Crippen LogP contribution in [-0.4, -0.2) is 19.2 Å². The number of aryl methyl sites for hydroxylation is 2. The van der Waals surface area contributed by atoms with Crippen LogP contribution in [0.15, 0.2) is 54.6 Å². The molecule has 0 aliphatic heterocycles. The fourth-order valence-electron chi connectivity index (χ4n) is 4.69. The third-order valence-corrected chi connectivity index (χ3v) is 5.90. The largest absolute Gasteiger partial charge is 0.497 e. The number of aromatic nitrogens is 1. The SMILES string of the molecule is COc1cc(OC)c2c(c1)-c1cc(C)ccc1C2c1c(C)[nH]c2ccccc12. The van der Waals surface area contributed by atoms with Crippen LogP contribution in [0, 0.1) is 13.8 Å². The van der Waals surface area contributed by atoms with E-state index < -0.39 is 0 Å². The van der Waals surface area contributed by atoms with E-state index in [9.17, 15) is 0 Å². The molecule has 0 spiro atoms. The average molecular weight is 369 g/mol. The van der Waals surface area contributed by atoms with Crippen LogP contribution in [0.1, 0.15) is 33.9 Å². The number of aromatic amines is 1. The molecule has 0 radical (unpaired) electrons. The Hall–Kier alpha value is -3.20. The fraction of sp³-hybridized carbons (Fsp3) is 0.200.